The van der Waals surface area contributed by atoms with Gasteiger partial charge < -0.3 is 19.8 Å². The van der Waals surface area contributed by atoms with Crippen LogP contribution in [0.3, 0.4) is 0 Å². The minimum absolute atomic E-state index is 0.264. The molecule has 0 saturated carbocycles. The summed E-state index contributed by atoms with van der Waals surface area (Å²) in [6.45, 7) is 4.86. The van der Waals surface area contributed by atoms with Crippen LogP contribution in [0.25, 0.3) is 0 Å². The average Bonchev–Trinajstić information content (AvgIpc) is 3.24. The third-order valence-electron chi connectivity index (χ3n) is 4.13. The van der Waals surface area contributed by atoms with Gasteiger partial charge >= 0.3 is 0 Å². The molecule has 29 heavy (non-hydrogen) atoms. The number of amides is 2. The SMILES string of the molecule is CC(C)COc1ccccc1C(=O)Nc1ccccc1C(=O)NCc1ccco1. The number of rotatable bonds is 8. The summed E-state index contributed by atoms with van der Waals surface area (Å²) in [4.78, 5) is 25.5. The van der Waals surface area contributed by atoms with Crippen LogP contribution in [0.2, 0.25) is 0 Å². The second-order valence-corrected chi connectivity index (χ2v) is 6.96. The van der Waals surface area contributed by atoms with Gasteiger partial charge in [0, 0.05) is 0 Å². The first-order valence-corrected chi connectivity index (χ1v) is 9.47. The van der Waals surface area contributed by atoms with Crippen LogP contribution in [0.5, 0.6) is 5.75 Å². The lowest BCUT2D eigenvalue weighted by atomic mass is 10.1. The molecular formula is C23H24N2O4. The highest BCUT2D eigenvalue weighted by molar-refractivity contribution is 6.10. The Morgan fingerprint density at radius 1 is 0.931 bits per heavy atom. The summed E-state index contributed by atoms with van der Waals surface area (Å²) < 4.78 is 11.0. The van der Waals surface area contributed by atoms with E-state index >= 15 is 0 Å². The molecule has 0 radical (unpaired) electrons. The van der Waals surface area contributed by atoms with Gasteiger partial charge in [0.05, 0.1) is 36.2 Å². The Bertz CT molecular complexity index is 965. The van der Waals surface area contributed by atoms with Crippen molar-refractivity contribution in [2.75, 3.05) is 11.9 Å². The third-order valence-corrected chi connectivity index (χ3v) is 4.13. The fourth-order valence-electron chi connectivity index (χ4n) is 2.69. The van der Waals surface area contributed by atoms with E-state index in [9.17, 15) is 9.59 Å². The Hall–Kier alpha value is -3.54. The predicted octanol–water partition coefficient (Wildman–Crippen LogP) is 4.50. The van der Waals surface area contributed by atoms with Crippen molar-refractivity contribution in [2.45, 2.75) is 20.4 Å². The molecule has 1 heterocycles. The lowest BCUT2D eigenvalue weighted by Crippen LogP contribution is -2.24. The molecule has 2 amide bonds. The second-order valence-electron chi connectivity index (χ2n) is 6.96. The standard InChI is InChI=1S/C23H24N2O4/c1-16(2)15-29-21-12-6-4-10-19(21)23(27)25-20-11-5-3-9-18(20)22(26)24-14-17-8-7-13-28-17/h3-13,16H,14-15H2,1-2H3,(H,24,26)(H,25,27). The molecule has 2 N–H and O–H groups in total. The van der Waals surface area contributed by atoms with Crippen LogP contribution in [-0.2, 0) is 6.54 Å². The molecule has 0 spiro atoms. The highest BCUT2D eigenvalue weighted by Crippen LogP contribution is 2.22. The minimum Gasteiger partial charge on any atom is -0.492 e. The summed E-state index contributed by atoms with van der Waals surface area (Å²) in [5, 5.41) is 5.62. The molecule has 1 aromatic heterocycles. The lowest BCUT2D eigenvalue weighted by molar-refractivity contribution is 0.0949. The smallest absolute Gasteiger partial charge is 0.259 e. The van der Waals surface area contributed by atoms with E-state index < -0.39 is 0 Å². The van der Waals surface area contributed by atoms with Gasteiger partial charge in [0.25, 0.3) is 11.8 Å². The zero-order valence-electron chi connectivity index (χ0n) is 16.5. The van der Waals surface area contributed by atoms with Crippen molar-refractivity contribution < 1.29 is 18.7 Å². The van der Waals surface area contributed by atoms with E-state index in [0.717, 1.165) is 0 Å². The van der Waals surface area contributed by atoms with Crippen molar-refractivity contribution in [3.05, 3.63) is 83.8 Å². The first-order chi connectivity index (χ1) is 14.0. The maximum atomic E-state index is 12.9. The fraction of sp³-hybridized carbons (Fsp3) is 0.217. The van der Waals surface area contributed by atoms with Gasteiger partial charge in [0.2, 0.25) is 0 Å². The monoisotopic (exact) mass is 392 g/mol. The number of benzene rings is 2. The topological polar surface area (TPSA) is 80.6 Å². The molecule has 0 aliphatic heterocycles. The maximum absolute atomic E-state index is 12.9. The van der Waals surface area contributed by atoms with E-state index in [1.807, 2.05) is 19.9 Å². The van der Waals surface area contributed by atoms with Gasteiger partial charge in [-0.2, -0.15) is 0 Å². The molecule has 150 valence electrons. The van der Waals surface area contributed by atoms with Crippen LogP contribution in [0.15, 0.2) is 71.3 Å². The highest BCUT2D eigenvalue weighted by atomic mass is 16.5. The summed E-state index contributed by atoms with van der Waals surface area (Å²) in [7, 11) is 0. The Morgan fingerprint density at radius 2 is 1.66 bits per heavy atom. The number of furan rings is 1. The number of ether oxygens (including phenoxy) is 1. The van der Waals surface area contributed by atoms with E-state index in [2.05, 4.69) is 10.6 Å². The first kappa shape index (κ1) is 20.2. The zero-order valence-corrected chi connectivity index (χ0v) is 16.5. The van der Waals surface area contributed by atoms with Gasteiger partial charge in [0.15, 0.2) is 0 Å². The largest absolute Gasteiger partial charge is 0.492 e. The third kappa shape index (κ3) is 5.48. The van der Waals surface area contributed by atoms with Crippen molar-refractivity contribution in [2.24, 2.45) is 5.92 Å². The number of para-hydroxylation sites is 2. The van der Waals surface area contributed by atoms with Gasteiger partial charge in [-0.05, 0) is 42.3 Å². The molecule has 0 unspecified atom stereocenters. The first-order valence-electron chi connectivity index (χ1n) is 9.47. The van der Waals surface area contributed by atoms with Gasteiger partial charge in [-0.1, -0.05) is 38.1 Å². The Kier molecular flexibility index (Phi) is 6.68. The van der Waals surface area contributed by atoms with Crippen molar-refractivity contribution in [3.8, 4) is 5.75 Å². The number of carbonyl (C=O) groups excluding carboxylic acids is 2. The van der Waals surface area contributed by atoms with E-state index in [4.69, 9.17) is 9.15 Å². The molecule has 0 fully saturated rings. The van der Waals surface area contributed by atoms with Crippen LogP contribution in [0, 0.1) is 5.92 Å². The highest BCUT2D eigenvalue weighted by Gasteiger charge is 2.17. The fourth-order valence-corrected chi connectivity index (χ4v) is 2.69. The van der Waals surface area contributed by atoms with Crippen molar-refractivity contribution in [1.29, 1.82) is 0 Å². The molecular weight excluding hydrogens is 368 g/mol. The molecule has 3 rings (SSSR count). The van der Waals surface area contributed by atoms with Crippen LogP contribution in [-0.4, -0.2) is 18.4 Å². The van der Waals surface area contributed by atoms with Crippen molar-refractivity contribution in [1.82, 2.24) is 5.32 Å². The number of hydrogen-bond acceptors (Lipinski definition) is 4. The quantitative estimate of drug-likeness (QED) is 0.592. The second kappa shape index (κ2) is 9.59. The zero-order chi connectivity index (χ0) is 20.6. The molecule has 0 aliphatic rings. The molecule has 6 heteroatoms. The Labute approximate surface area is 169 Å². The predicted molar refractivity (Wildman–Crippen MR) is 111 cm³/mol. The van der Waals surface area contributed by atoms with E-state index in [1.165, 1.54) is 0 Å². The molecule has 3 aromatic rings. The van der Waals surface area contributed by atoms with Gasteiger partial charge in [-0.3, -0.25) is 9.59 Å². The van der Waals surface area contributed by atoms with Crippen LogP contribution >= 0.6 is 0 Å². The summed E-state index contributed by atoms with van der Waals surface area (Å²) in [5.74, 6) is 0.858. The van der Waals surface area contributed by atoms with Crippen LogP contribution < -0.4 is 15.4 Å². The minimum atomic E-state index is -0.337. The Morgan fingerprint density at radius 3 is 2.38 bits per heavy atom. The van der Waals surface area contributed by atoms with Crippen LogP contribution in [0.1, 0.15) is 40.3 Å². The van der Waals surface area contributed by atoms with E-state index in [-0.39, 0.29) is 18.4 Å². The average molecular weight is 392 g/mol. The molecule has 2 aromatic carbocycles. The summed E-state index contributed by atoms with van der Waals surface area (Å²) >= 11 is 0. The maximum Gasteiger partial charge on any atom is 0.259 e. The van der Waals surface area contributed by atoms with Crippen LogP contribution in [0.4, 0.5) is 5.69 Å². The normalized spacial score (nSPS) is 10.6. The van der Waals surface area contributed by atoms with Gasteiger partial charge in [-0.15, -0.1) is 0 Å². The number of hydrogen-bond donors (Lipinski definition) is 2. The molecule has 0 atom stereocenters. The molecule has 0 saturated heterocycles. The number of carbonyl (C=O) groups is 2. The Balaban J connectivity index is 1.74. The van der Waals surface area contributed by atoms with E-state index in [1.54, 1.807) is 60.9 Å². The van der Waals surface area contributed by atoms with Crippen molar-refractivity contribution in [3.63, 3.8) is 0 Å². The lowest BCUT2D eigenvalue weighted by Gasteiger charge is -2.14. The number of anilines is 1. The summed E-state index contributed by atoms with van der Waals surface area (Å²) in [5.41, 5.74) is 1.21. The van der Waals surface area contributed by atoms with Gasteiger partial charge in [-0.25, -0.2) is 0 Å². The molecule has 0 aliphatic carbocycles. The summed E-state index contributed by atoms with van der Waals surface area (Å²) in [6, 6.07) is 17.5. The van der Waals surface area contributed by atoms with E-state index in [0.29, 0.717) is 40.8 Å². The summed E-state index contributed by atoms with van der Waals surface area (Å²) in [6.07, 6.45) is 1.55. The molecule has 6 nitrogen and oxygen atoms in total. The number of nitrogens with one attached hydrogen (secondary N) is 2. The molecule has 0 bridgehead atoms. The van der Waals surface area contributed by atoms with Gasteiger partial charge in [0.1, 0.15) is 11.5 Å². The van der Waals surface area contributed by atoms with Crippen molar-refractivity contribution >= 4 is 17.5 Å².